The van der Waals surface area contributed by atoms with Crippen LogP contribution in [0.15, 0.2) is 30.6 Å². The minimum atomic E-state index is 0.451. The highest BCUT2D eigenvalue weighted by molar-refractivity contribution is 5.44. The highest BCUT2D eigenvalue weighted by Crippen LogP contribution is 2.31. The summed E-state index contributed by atoms with van der Waals surface area (Å²) >= 11 is 0. The van der Waals surface area contributed by atoms with Gasteiger partial charge in [0, 0.05) is 6.54 Å². The largest absolute Gasteiger partial charge is 0.493 e. The van der Waals surface area contributed by atoms with Gasteiger partial charge in [-0.2, -0.15) is 0 Å². The Morgan fingerprint density at radius 3 is 2.60 bits per heavy atom. The molecule has 20 heavy (non-hydrogen) atoms. The van der Waals surface area contributed by atoms with Crippen molar-refractivity contribution >= 4 is 0 Å². The number of methoxy groups -OCH3 is 1. The fourth-order valence-electron chi connectivity index (χ4n) is 1.80. The van der Waals surface area contributed by atoms with E-state index < -0.39 is 0 Å². The molecule has 1 aromatic carbocycles. The zero-order chi connectivity index (χ0) is 14.4. The van der Waals surface area contributed by atoms with Gasteiger partial charge in [-0.15, -0.1) is 0 Å². The van der Waals surface area contributed by atoms with Crippen LogP contribution in [0.1, 0.15) is 18.2 Å². The number of ether oxygens (including phenoxy) is 2. The molecule has 0 spiro atoms. The molecule has 1 heterocycles. The molecule has 0 saturated carbocycles. The van der Waals surface area contributed by atoms with Gasteiger partial charge in [-0.1, -0.05) is 13.0 Å². The maximum atomic E-state index is 5.71. The Morgan fingerprint density at radius 2 is 2.00 bits per heavy atom. The van der Waals surface area contributed by atoms with Gasteiger partial charge >= 0.3 is 0 Å². The van der Waals surface area contributed by atoms with Crippen LogP contribution in [0, 0.1) is 0 Å². The Morgan fingerprint density at radius 1 is 1.15 bits per heavy atom. The van der Waals surface area contributed by atoms with Crippen molar-refractivity contribution in [1.82, 2.24) is 15.3 Å². The fourth-order valence-corrected chi connectivity index (χ4v) is 1.80. The van der Waals surface area contributed by atoms with Crippen molar-refractivity contribution in [3.05, 3.63) is 41.9 Å². The van der Waals surface area contributed by atoms with E-state index in [-0.39, 0.29) is 0 Å². The Hall–Kier alpha value is -2.14. The zero-order valence-electron chi connectivity index (χ0n) is 12.0. The molecule has 2 rings (SSSR count). The molecule has 0 aliphatic rings. The average molecular weight is 273 g/mol. The Balaban J connectivity index is 2.16. The standard InChI is InChI=1S/C15H19N3O2/c1-4-11-5-6-13(14(7-11)19-3)20-15-10-17-12(8-16-2)9-18-15/h5-7,9-10,16H,4,8H2,1-3H3. The van der Waals surface area contributed by atoms with Crippen molar-refractivity contribution in [3.63, 3.8) is 0 Å². The number of nitrogens with zero attached hydrogens (tertiary/aromatic N) is 2. The van der Waals surface area contributed by atoms with E-state index in [0.717, 1.165) is 12.1 Å². The van der Waals surface area contributed by atoms with Gasteiger partial charge < -0.3 is 14.8 Å². The number of benzene rings is 1. The first kappa shape index (κ1) is 14.3. The highest BCUT2D eigenvalue weighted by atomic mass is 16.5. The molecule has 0 atom stereocenters. The Kier molecular flexibility index (Phi) is 4.90. The van der Waals surface area contributed by atoms with Gasteiger partial charge in [0.1, 0.15) is 0 Å². The molecule has 0 radical (unpaired) electrons. The van der Waals surface area contributed by atoms with E-state index in [1.807, 2.05) is 25.2 Å². The Labute approximate surface area is 119 Å². The zero-order valence-corrected chi connectivity index (χ0v) is 12.0. The van der Waals surface area contributed by atoms with Crippen molar-refractivity contribution in [2.45, 2.75) is 19.9 Å². The van der Waals surface area contributed by atoms with Crippen molar-refractivity contribution in [1.29, 1.82) is 0 Å². The van der Waals surface area contributed by atoms with Crippen molar-refractivity contribution in [2.24, 2.45) is 0 Å². The van der Waals surface area contributed by atoms with Gasteiger partial charge in [0.15, 0.2) is 11.5 Å². The molecule has 0 saturated heterocycles. The molecular formula is C15H19N3O2. The van der Waals surface area contributed by atoms with Crippen LogP contribution in [0.25, 0.3) is 0 Å². The summed E-state index contributed by atoms with van der Waals surface area (Å²) in [7, 11) is 3.50. The quantitative estimate of drug-likeness (QED) is 0.876. The first-order chi connectivity index (χ1) is 9.76. The lowest BCUT2D eigenvalue weighted by atomic mass is 10.1. The second kappa shape index (κ2) is 6.86. The predicted molar refractivity (Wildman–Crippen MR) is 77.2 cm³/mol. The van der Waals surface area contributed by atoms with Crippen LogP contribution >= 0.6 is 0 Å². The van der Waals surface area contributed by atoms with Crippen molar-refractivity contribution in [2.75, 3.05) is 14.2 Å². The molecule has 5 nitrogen and oxygen atoms in total. The van der Waals surface area contributed by atoms with Crippen LogP contribution < -0.4 is 14.8 Å². The molecule has 0 fully saturated rings. The van der Waals surface area contributed by atoms with Crippen LogP contribution in [0.5, 0.6) is 17.4 Å². The van der Waals surface area contributed by atoms with Crippen LogP contribution in [-0.2, 0) is 13.0 Å². The van der Waals surface area contributed by atoms with E-state index in [9.17, 15) is 0 Å². The summed E-state index contributed by atoms with van der Waals surface area (Å²) in [5, 5.41) is 3.02. The smallest absolute Gasteiger partial charge is 0.238 e. The normalized spacial score (nSPS) is 10.3. The maximum absolute atomic E-state index is 5.71. The summed E-state index contributed by atoms with van der Waals surface area (Å²) in [6.07, 6.45) is 4.26. The lowest BCUT2D eigenvalue weighted by Crippen LogP contribution is -2.07. The van der Waals surface area contributed by atoms with E-state index in [1.54, 1.807) is 19.5 Å². The summed E-state index contributed by atoms with van der Waals surface area (Å²) in [4.78, 5) is 8.49. The number of aryl methyl sites for hydroxylation is 1. The second-order valence-electron chi connectivity index (χ2n) is 4.32. The Bertz CT molecular complexity index is 556. The van der Waals surface area contributed by atoms with Gasteiger partial charge in [0.2, 0.25) is 5.88 Å². The van der Waals surface area contributed by atoms with Crippen molar-refractivity contribution < 1.29 is 9.47 Å². The molecule has 2 aromatic rings. The number of hydrogen-bond acceptors (Lipinski definition) is 5. The van der Waals surface area contributed by atoms with E-state index >= 15 is 0 Å². The molecular weight excluding hydrogens is 254 g/mol. The van der Waals surface area contributed by atoms with Gasteiger partial charge in [-0.25, -0.2) is 4.98 Å². The van der Waals surface area contributed by atoms with Gasteiger partial charge in [0.25, 0.3) is 0 Å². The maximum Gasteiger partial charge on any atom is 0.238 e. The minimum absolute atomic E-state index is 0.451. The second-order valence-corrected chi connectivity index (χ2v) is 4.32. The van der Waals surface area contributed by atoms with E-state index in [4.69, 9.17) is 9.47 Å². The monoisotopic (exact) mass is 273 g/mol. The third kappa shape index (κ3) is 3.45. The van der Waals surface area contributed by atoms with Crippen molar-refractivity contribution in [3.8, 4) is 17.4 Å². The number of aromatic nitrogens is 2. The summed E-state index contributed by atoms with van der Waals surface area (Å²) in [6.45, 7) is 2.78. The highest BCUT2D eigenvalue weighted by Gasteiger charge is 2.07. The van der Waals surface area contributed by atoms with E-state index in [2.05, 4.69) is 22.2 Å². The number of nitrogens with one attached hydrogen (secondary N) is 1. The molecule has 0 unspecified atom stereocenters. The van der Waals surface area contributed by atoms with Crippen LogP contribution in [0.2, 0.25) is 0 Å². The average Bonchev–Trinajstić information content (AvgIpc) is 2.50. The van der Waals surface area contributed by atoms with Crippen LogP contribution in [0.3, 0.4) is 0 Å². The molecule has 0 aliphatic heterocycles. The third-order valence-corrected chi connectivity index (χ3v) is 2.89. The topological polar surface area (TPSA) is 56.3 Å². The summed E-state index contributed by atoms with van der Waals surface area (Å²) < 4.78 is 11.1. The number of hydrogen-bond donors (Lipinski definition) is 1. The minimum Gasteiger partial charge on any atom is -0.493 e. The van der Waals surface area contributed by atoms with E-state index in [1.165, 1.54) is 5.56 Å². The molecule has 1 aromatic heterocycles. The molecule has 0 aliphatic carbocycles. The molecule has 106 valence electrons. The number of rotatable bonds is 6. The third-order valence-electron chi connectivity index (χ3n) is 2.89. The summed E-state index contributed by atoms with van der Waals surface area (Å²) in [5.41, 5.74) is 2.07. The summed E-state index contributed by atoms with van der Waals surface area (Å²) in [5.74, 6) is 1.79. The lowest BCUT2D eigenvalue weighted by Gasteiger charge is -2.10. The SMILES string of the molecule is CCc1ccc(Oc2cnc(CNC)cn2)c(OC)c1. The van der Waals surface area contributed by atoms with Crippen LogP contribution in [0.4, 0.5) is 0 Å². The van der Waals surface area contributed by atoms with Crippen LogP contribution in [-0.4, -0.2) is 24.1 Å². The molecule has 1 N–H and O–H groups in total. The van der Waals surface area contributed by atoms with Gasteiger partial charge in [-0.3, -0.25) is 4.98 Å². The van der Waals surface area contributed by atoms with Gasteiger partial charge in [-0.05, 0) is 31.2 Å². The molecule has 5 heteroatoms. The molecule has 0 bridgehead atoms. The summed E-state index contributed by atoms with van der Waals surface area (Å²) in [6, 6.07) is 5.87. The molecule has 0 amide bonds. The lowest BCUT2D eigenvalue weighted by molar-refractivity contribution is 0.373. The van der Waals surface area contributed by atoms with Gasteiger partial charge in [0.05, 0.1) is 25.2 Å². The first-order valence-electron chi connectivity index (χ1n) is 6.57. The predicted octanol–water partition coefficient (Wildman–Crippen LogP) is 2.56. The fraction of sp³-hybridized carbons (Fsp3) is 0.333. The first-order valence-corrected chi connectivity index (χ1v) is 6.57. The van der Waals surface area contributed by atoms with E-state index in [0.29, 0.717) is 23.9 Å².